The maximum atomic E-state index is 12.3. The summed E-state index contributed by atoms with van der Waals surface area (Å²) in [4.78, 5) is 4.37. The lowest BCUT2D eigenvalue weighted by atomic mass is 10.1. The minimum atomic E-state index is -2.41. The van der Waals surface area contributed by atoms with Crippen LogP contribution in [-0.4, -0.2) is 32.1 Å². The molecule has 0 bridgehead atoms. The second-order valence-electron chi connectivity index (χ2n) is 5.83. The van der Waals surface area contributed by atoms with Gasteiger partial charge in [0.2, 0.25) is 0 Å². The van der Waals surface area contributed by atoms with Crippen LogP contribution < -0.4 is 15.4 Å². The fourth-order valence-electron chi connectivity index (χ4n) is 2.10. The van der Waals surface area contributed by atoms with Crippen LogP contribution in [-0.2, 0) is 6.54 Å². The minimum Gasteiger partial charge on any atom is -0.493 e. The highest BCUT2D eigenvalue weighted by Gasteiger charge is 2.22. The molecule has 0 aliphatic heterocycles. The second kappa shape index (κ2) is 8.70. The number of halogens is 2. The number of aryl methyl sites for hydroxylation is 1. The third-order valence-electron chi connectivity index (χ3n) is 3.57. The zero-order chi connectivity index (χ0) is 16.7. The smallest absolute Gasteiger partial charge is 0.255 e. The first-order valence-electron chi connectivity index (χ1n) is 8.11. The van der Waals surface area contributed by atoms with Crippen LogP contribution in [0.25, 0.3) is 0 Å². The molecule has 0 heterocycles. The van der Waals surface area contributed by atoms with Crippen molar-refractivity contribution in [3.05, 3.63) is 29.3 Å². The molecule has 1 aromatic carbocycles. The van der Waals surface area contributed by atoms with E-state index in [0.29, 0.717) is 25.0 Å². The molecule has 0 aromatic heterocycles. The summed E-state index contributed by atoms with van der Waals surface area (Å²) in [6.07, 6.45) is 0.0682. The van der Waals surface area contributed by atoms with Crippen LogP contribution in [0.2, 0.25) is 0 Å². The Morgan fingerprint density at radius 1 is 1.35 bits per heavy atom. The van der Waals surface area contributed by atoms with E-state index in [9.17, 15) is 8.78 Å². The van der Waals surface area contributed by atoms with Crippen molar-refractivity contribution in [2.24, 2.45) is 10.9 Å². The molecule has 4 nitrogen and oxygen atoms in total. The van der Waals surface area contributed by atoms with Gasteiger partial charge in [0.25, 0.3) is 6.43 Å². The Morgan fingerprint density at radius 2 is 2.13 bits per heavy atom. The molecule has 0 spiro atoms. The first-order chi connectivity index (χ1) is 11.1. The van der Waals surface area contributed by atoms with Gasteiger partial charge in [-0.3, -0.25) is 0 Å². The number of hydrogen-bond donors (Lipinski definition) is 2. The summed E-state index contributed by atoms with van der Waals surface area (Å²) in [6, 6.07) is 6.00. The topological polar surface area (TPSA) is 45.7 Å². The van der Waals surface area contributed by atoms with Crippen molar-refractivity contribution in [1.29, 1.82) is 0 Å². The molecule has 2 rings (SSSR count). The van der Waals surface area contributed by atoms with Crippen molar-refractivity contribution < 1.29 is 13.5 Å². The Labute approximate surface area is 136 Å². The van der Waals surface area contributed by atoms with Gasteiger partial charge in [-0.25, -0.2) is 13.8 Å². The Kier molecular flexibility index (Phi) is 6.62. The Hall–Kier alpha value is -1.85. The van der Waals surface area contributed by atoms with Gasteiger partial charge < -0.3 is 15.4 Å². The zero-order valence-corrected chi connectivity index (χ0v) is 13.7. The molecular formula is C17H25F2N3O. The van der Waals surface area contributed by atoms with E-state index in [1.807, 2.05) is 32.0 Å². The van der Waals surface area contributed by atoms with Crippen molar-refractivity contribution in [2.45, 2.75) is 39.7 Å². The predicted octanol–water partition coefficient (Wildman–Crippen LogP) is 3.10. The maximum Gasteiger partial charge on any atom is 0.255 e. The number of alkyl halides is 2. The van der Waals surface area contributed by atoms with E-state index in [0.717, 1.165) is 23.5 Å². The molecule has 2 N–H and O–H groups in total. The van der Waals surface area contributed by atoms with Gasteiger partial charge in [0.1, 0.15) is 5.75 Å². The summed E-state index contributed by atoms with van der Waals surface area (Å²) in [7, 11) is 0. The molecule has 0 amide bonds. The van der Waals surface area contributed by atoms with Gasteiger partial charge in [0, 0.05) is 12.1 Å². The first kappa shape index (κ1) is 17.5. The van der Waals surface area contributed by atoms with Gasteiger partial charge in [0.05, 0.1) is 19.7 Å². The van der Waals surface area contributed by atoms with Crippen LogP contribution in [0.4, 0.5) is 8.78 Å². The quantitative estimate of drug-likeness (QED) is 0.570. The molecule has 1 saturated carbocycles. The van der Waals surface area contributed by atoms with Crippen molar-refractivity contribution in [1.82, 2.24) is 10.6 Å². The average Bonchev–Trinajstić information content (AvgIpc) is 3.33. The van der Waals surface area contributed by atoms with Gasteiger partial charge in [-0.2, -0.15) is 0 Å². The molecule has 1 aliphatic carbocycles. The largest absolute Gasteiger partial charge is 0.493 e. The Bertz CT molecular complexity index is 531. The van der Waals surface area contributed by atoms with E-state index in [-0.39, 0.29) is 0 Å². The maximum absolute atomic E-state index is 12.3. The molecule has 1 fully saturated rings. The van der Waals surface area contributed by atoms with Crippen LogP contribution in [0, 0.1) is 12.8 Å². The highest BCUT2D eigenvalue weighted by atomic mass is 19.3. The molecule has 23 heavy (non-hydrogen) atoms. The SMILES string of the molecule is CCNC(=NCc1ccc(C)cc1OCC1CC1)NCC(F)F. The van der Waals surface area contributed by atoms with Crippen LogP contribution in [0.1, 0.15) is 30.9 Å². The van der Waals surface area contributed by atoms with Crippen LogP contribution >= 0.6 is 0 Å². The third kappa shape index (κ3) is 6.42. The summed E-state index contributed by atoms with van der Waals surface area (Å²) in [5.41, 5.74) is 2.09. The molecule has 1 aliphatic rings. The summed E-state index contributed by atoms with van der Waals surface area (Å²) in [5.74, 6) is 1.91. The van der Waals surface area contributed by atoms with Crippen LogP contribution in [0.5, 0.6) is 5.75 Å². The molecule has 0 radical (unpaired) electrons. The van der Waals surface area contributed by atoms with Gasteiger partial charge >= 0.3 is 0 Å². The number of nitrogens with one attached hydrogen (secondary N) is 2. The molecule has 0 atom stereocenters. The van der Waals surface area contributed by atoms with E-state index < -0.39 is 13.0 Å². The van der Waals surface area contributed by atoms with Gasteiger partial charge in [-0.05, 0) is 44.2 Å². The second-order valence-corrected chi connectivity index (χ2v) is 5.83. The van der Waals surface area contributed by atoms with Gasteiger partial charge in [0.15, 0.2) is 5.96 Å². The molecular weight excluding hydrogens is 300 g/mol. The van der Waals surface area contributed by atoms with Crippen molar-refractivity contribution in [3.63, 3.8) is 0 Å². The number of nitrogens with zero attached hydrogens (tertiary/aromatic N) is 1. The van der Waals surface area contributed by atoms with E-state index in [1.165, 1.54) is 12.8 Å². The lowest BCUT2D eigenvalue weighted by Gasteiger charge is -2.13. The molecule has 0 unspecified atom stereocenters. The highest BCUT2D eigenvalue weighted by Crippen LogP contribution is 2.30. The molecule has 128 valence electrons. The summed E-state index contributed by atoms with van der Waals surface area (Å²) in [6.45, 7) is 5.25. The van der Waals surface area contributed by atoms with E-state index in [4.69, 9.17) is 4.74 Å². The first-order valence-corrected chi connectivity index (χ1v) is 8.11. The zero-order valence-electron chi connectivity index (χ0n) is 13.7. The number of ether oxygens (including phenoxy) is 1. The number of hydrogen-bond acceptors (Lipinski definition) is 2. The van der Waals surface area contributed by atoms with E-state index in [2.05, 4.69) is 15.6 Å². The number of aliphatic imine (C=N–C) groups is 1. The number of rotatable bonds is 8. The van der Waals surface area contributed by atoms with Crippen LogP contribution in [0.15, 0.2) is 23.2 Å². The fraction of sp³-hybridized carbons (Fsp3) is 0.588. The van der Waals surface area contributed by atoms with Crippen molar-refractivity contribution in [2.75, 3.05) is 19.7 Å². The minimum absolute atomic E-state index is 0.388. The highest BCUT2D eigenvalue weighted by molar-refractivity contribution is 5.79. The summed E-state index contributed by atoms with van der Waals surface area (Å²) in [5, 5.41) is 5.59. The van der Waals surface area contributed by atoms with Crippen LogP contribution in [0.3, 0.4) is 0 Å². The standard InChI is InChI=1S/C17H25F2N3O/c1-3-20-17(22-10-16(18)19)21-9-14-7-4-12(2)8-15(14)23-11-13-5-6-13/h4,7-8,13,16H,3,5-6,9-11H2,1-2H3,(H2,20,21,22). The number of benzene rings is 1. The average molecular weight is 325 g/mol. The normalized spacial score (nSPS) is 14.9. The predicted molar refractivity (Wildman–Crippen MR) is 88.2 cm³/mol. The van der Waals surface area contributed by atoms with Gasteiger partial charge in [-0.1, -0.05) is 12.1 Å². The van der Waals surface area contributed by atoms with E-state index >= 15 is 0 Å². The third-order valence-corrected chi connectivity index (χ3v) is 3.57. The van der Waals surface area contributed by atoms with Gasteiger partial charge in [-0.15, -0.1) is 0 Å². The van der Waals surface area contributed by atoms with E-state index in [1.54, 1.807) is 0 Å². The Morgan fingerprint density at radius 3 is 2.78 bits per heavy atom. The van der Waals surface area contributed by atoms with Crippen molar-refractivity contribution >= 4 is 5.96 Å². The van der Waals surface area contributed by atoms with Crippen molar-refractivity contribution in [3.8, 4) is 5.75 Å². The summed E-state index contributed by atoms with van der Waals surface area (Å²) < 4.78 is 30.6. The Balaban J connectivity index is 2.01. The lowest BCUT2D eigenvalue weighted by Crippen LogP contribution is -2.39. The lowest BCUT2D eigenvalue weighted by molar-refractivity contribution is 0.152. The molecule has 1 aromatic rings. The molecule has 0 saturated heterocycles. The summed E-state index contributed by atoms with van der Waals surface area (Å²) >= 11 is 0. The molecule has 6 heteroatoms. The fourth-order valence-corrected chi connectivity index (χ4v) is 2.10. The monoisotopic (exact) mass is 325 g/mol. The number of guanidine groups is 1.